The predicted octanol–water partition coefficient (Wildman–Crippen LogP) is 4.01. The van der Waals surface area contributed by atoms with E-state index in [2.05, 4.69) is 20.1 Å². The van der Waals surface area contributed by atoms with Crippen molar-refractivity contribution in [2.24, 2.45) is 0 Å². The van der Waals surface area contributed by atoms with Gasteiger partial charge in [-0.15, -0.1) is 10.2 Å². The Bertz CT molecular complexity index is 1240. The van der Waals surface area contributed by atoms with Gasteiger partial charge in [0.25, 0.3) is 5.91 Å². The van der Waals surface area contributed by atoms with E-state index >= 15 is 0 Å². The number of halogens is 1. The average Bonchev–Trinajstić information content (AvgIpc) is 3.45. The summed E-state index contributed by atoms with van der Waals surface area (Å²) in [5.41, 5.74) is 2.37. The van der Waals surface area contributed by atoms with Crippen LogP contribution in [0.5, 0.6) is 5.75 Å². The summed E-state index contributed by atoms with van der Waals surface area (Å²) in [6.07, 6.45) is 1.69. The fourth-order valence-electron chi connectivity index (χ4n) is 4.44. The zero-order valence-electron chi connectivity index (χ0n) is 19.0. The number of anilines is 2. The van der Waals surface area contributed by atoms with Gasteiger partial charge in [-0.05, 0) is 49.6 Å². The van der Waals surface area contributed by atoms with Gasteiger partial charge in [-0.3, -0.25) is 4.79 Å². The zero-order valence-corrected chi connectivity index (χ0v) is 19.7. The molecule has 3 heterocycles. The van der Waals surface area contributed by atoms with Crippen LogP contribution >= 0.6 is 11.6 Å². The Labute approximate surface area is 202 Å². The van der Waals surface area contributed by atoms with E-state index in [0.717, 1.165) is 30.1 Å². The smallest absolute Gasteiger partial charge is 0.322 e. The van der Waals surface area contributed by atoms with Crippen molar-refractivity contribution in [1.82, 2.24) is 19.7 Å². The highest BCUT2D eigenvalue weighted by atomic mass is 35.5. The molecule has 34 heavy (non-hydrogen) atoms. The van der Waals surface area contributed by atoms with Gasteiger partial charge in [0.1, 0.15) is 11.6 Å². The molecule has 0 aliphatic carbocycles. The number of aromatic nitrogens is 3. The van der Waals surface area contributed by atoms with Gasteiger partial charge in [0.15, 0.2) is 12.4 Å². The molecule has 3 aromatic rings. The maximum absolute atomic E-state index is 13.2. The highest BCUT2D eigenvalue weighted by Gasteiger charge is 2.34. The normalized spacial score (nSPS) is 17.5. The molecule has 2 aromatic carbocycles. The van der Waals surface area contributed by atoms with Crippen LogP contribution < -0.4 is 15.0 Å². The van der Waals surface area contributed by atoms with Crippen LogP contribution in [0.2, 0.25) is 5.02 Å². The first-order valence-corrected chi connectivity index (χ1v) is 11.5. The highest BCUT2D eigenvalue weighted by Crippen LogP contribution is 2.35. The van der Waals surface area contributed by atoms with Crippen molar-refractivity contribution in [1.29, 1.82) is 0 Å². The summed E-state index contributed by atoms with van der Waals surface area (Å²) in [5.74, 6) is 2.02. The number of carbonyl (C=O) groups is 2. The SMILES string of the molecule is Cc1nnc([C@H]2CCCN2C(=O)Nc2ccc3c(c2)OCC(=O)N3C)n1Cc1ccc(Cl)cc1. The Kier molecular flexibility index (Phi) is 5.87. The second-order valence-corrected chi connectivity index (χ2v) is 8.96. The minimum atomic E-state index is -0.207. The van der Waals surface area contributed by atoms with E-state index in [9.17, 15) is 9.59 Å². The third kappa shape index (κ3) is 4.19. The van der Waals surface area contributed by atoms with Crippen LogP contribution in [0.15, 0.2) is 42.5 Å². The molecule has 0 radical (unpaired) electrons. The number of hydrogen-bond acceptors (Lipinski definition) is 5. The molecule has 1 saturated heterocycles. The minimum absolute atomic E-state index is 0.0161. The molecule has 0 saturated carbocycles. The number of benzene rings is 2. The van der Waals surface area contributed by atoms with Crippen molar-refractivity contribution in [3.05, 3.63) is 64.7 Å². The number of urea groups is 1. The number of amides is 3. The molecule has 3 amide bonds. The summed E-state index contributed by atoms with van der Waals surface area (Å²) in [4.78, 5) is 28.4. The first-order valence-electron chi connectivity index (χ1n) is 11.2. The molecule has 1 N–H and O–H groups in total. The number of ether oxygens (including phenoxy) is 1. The molecule has 0 spiro atoms. The molecule has 5 rings (SSSR count). The summed E-state index contributed by atoms with van der Waals surface area (Å²) >= 11 is 6.03. The molecular formula is C24H25ClN6O3. The standard InChI is InChI=1S/C24H25ClN6O3/c1-15-27-28-23(31(15)13-16-5-7-17(25)8-6-16)20-4-3-11-30(20)24(33)26-18-9-10-19-21(12-18)34-14-22(32)29(19)2/h5-10,12,20H,3-4,11,13-14H2,1-2H3,(H,26,33)/t20-/m1/s1. The largest absolute Gasteiger partial charge is 0.481 e. The van der Waals surface area contributed by atoms with E-state index in [4.69, 9.17) is 16.3 Å². The van der Waals surface area contributed by atoms with Crippen molar-refractivity contribution in [3.8, 4) is 5.75 Å². The maximum Gasteiger partial charge on any atom is 0.322 e. The quantitative estimate of drug-likeness (QED) is 0.609. The Hall–Kier alpha value is -3.59. The van der Waals surface area contributed by atoms with E-state index < -0.39 is 0 Å². The molecule has 1 aromatic heterocycles. The number of nitrogens with one attached hydrogen (secondary N) is 1. The van der Waals surface area contributed by atoms with Gasteiger partial charge in [-0.25, -0.2) is 4.79 Å². The Morgan fingerprint density at radius 2 is 2.00 bits per heavy atom. The number of carbonyl (C=O) groups excluding carboxylic acids is 2. The number of likely N-dealkylation sites (N-methyl/N-ethyl adjacent to an activating group) is 1. The summed E-state index contributed by atoms with van der Waals surface area (Å²) in [5, 5.41) is 12.4. The van der Waals surface area contributed by atoms with E-state index in [1.54, 1.807) is 35.0 Å². The Morgan fingerprint density at radius 1 is 1.21 bits per heavy atom. The van der Waals surface area contributed by atoms with Gasteiger partial charge in [0, 0.05) is 30.4 Å². The lowest BCUT2D eigenvalue weighted by Crippen LogP contribution is -2.36. The monoisotopic (exact) mass is 480 g/mol. The molecule has 10 heteroatoms. The van der Waals surface area contributed by atoms with Gasteiger partial charge in [0.05, 0.1) is 18.3 Å². The highest BCUT2D eigenvalue weighted by molar-refractivity contribution is 6.30. The van der Waals surface area contributed by atoms with Crippen molar-refractivity contribution in [3.63, 3.8) is 0 Å². The first-order chi connectivity index (χ1) is 16.4. The molecule has 0 unspecified atom stereocenters. The topological polar surface area (TPSA) is 92.6 Å². The molecule has 9 nitrogen and oxygen atoms in total. The lowest BCUT2D eigenvalue weighted by Gasteiger charge is -2.27. The summed E-state index contributed by atoms with van der Waals surface area (Å²) < 4.78 is 7.60. The molecule has 1 fully saturated rings. The Morgan fingerprint density at radius 3 is 2.79 bits per heavy atom. The van der Waals surface area contributed by atoms with E-state index in [1.807, 2.05) is 31.2 Å². The maximum atomic E-state index is 13.2. The fraction of sp³-hybridized carbons (Fsp3) is 0.333. The second kappa shape index (κ2) is 8.98. The van der Waals surface area contributed by atoms with Gasteiger partial charge < -0.3 is 24.4 Å². The predicted molar refractivity (Wildman–Crippen MR) is 128 cm³/mol. The van der Waals surface area contributed by atoms with Gasteiger partial charge in [0.2, 0.25) is 0 Å². The number of aryl methyl sites for hydroxylation is 1. The lowest BCUT2D eigenvalue weighted by molar-refractivity contribution is -0.120. The lowest BCUT2D eigenvalue weighted by atomic mass is 10.2. The van der Waals surface area contributed by atoms with Gasteiger partial charge >= 0.3 is 6.03 Å². The van der Waals surface area contributed by atoms with Crippen molar-refractivity contribution in [2.45, 2.75) is 32.4 Å². The second-order valence-electron chi connectivity index (χ2n) is 8.52. The summed E-state index contributed by atoms with van der Waals surface area (Å²) in [7, 11) is 1.71. The van der Waals surface area contributed by atoms with E-state index in [1.165, 1.54) is 0 Å². The molecular weight excluding hydrogens is 456 g/mol. The molecule has 176 valence electrons. The minimum Gasteiger partial charge on any atom is -0.481 e. The number of likely N-dealkylation sites (tertiary alicyclic amines) is 1. The van der Waals surface area contributed by atoms with Crippen molar-refractivity contribution in [2.75, 3.05) is 30.4 Å². The van der Waals surface area contributed by atoms with Crippen LogP contribution in [0, 0.1) is 6.92 Å². The zero-order chi connectivity index (χ0) is 23.8. The van der Waals surface area contributed by atoms with Crippen LogP contribution in [0.25, 0.3) is 0 Å². The Balaban J connectivity index is 1.34. The summed E-state index contributed by atoms with van der Waals surface area (Å²) in [6, 6.07) is 12.6. The number of hydrogen-bond donors (Lipinski definition) is 1. The van der Waals surface area contributed by atoms with Crippen LogP contribution in [0.1, 0.15) is 36.1 Å². The van der Waals surface area contributed by atoms with Gasteiger partial charge in [-0.2, -0.15) is 0 Å². The number of nitrogens with zero attached hydrogens (tertiary/aromatic N) is 5. The van der Waals surface area contributed by atoms with Crippen LogP contribution in [0.3, 0.4) is 0 Å². The number of rotatable bonds is 4. The molecule has 2 aliphatic heterocycles. The van der Waals surface area contributed by atoms with E-state index in [-0.39, 0.29) is 24.6 Å². The van der Waals surface area contributed by atoms with Crippen molar-refractivity contribution < 1.29 is 14.3 Å². The van der Waals surface area contributed by atoms with Gasteiger partial charge in [-0.1, -0.05) is 23.7 Å². The third-order valence-corrected chi connectivity index (χ3v) is 6.58. The summed E-state index contributed by atoms with van der Waals surface area (Å²) in [6.45, 7) is 3.13. The third-order valence-electron chi connectivity index (χ3n) is 6.33. The molecule has 2 aliphatic rings. The van der Waals surface area contributed by atoms with Crippen LogP contribution in [-0.4, -0.2) is 51.8 Å². The van der Waals surface area contributed by atoms with Crippen LogP contribution in [0.4, 0.5) is 16.2 Å². The van der Waals surface area contributed by atoms with Crippen molar-refractivity contribution >= 4 is 34.9 Å². The molecule has 0 bridgehead atoms. The molecule has 1 atom stereocenters. The average molecular weight is 481 g/mol. The van der Waals surface area contributed by atoms with E-state index in [0.29, 0.717) is 35.2 Å². The fourth-order valence-corrected chi connectivity index (χ4v) is 4.57. The number of fused-ring (bicyclic) bond motifs is 1. The van der Waals surface area contributed by atoms with Crippen LogP contribution in [-0.2, 0) is 11.3 Å². The first kappa shape index (κ1) is 22.2.